The molecule has 2 nitrogen and oxygen atoms in total. The second-order valence-corrected chi connectivity index (χ2v) is 6.99. The molecule has 0 aromatic carbocycles. The number of aliphatic hydroxyl groups is 1. The van der Waals surface area contributed by atoms with Crippen molar-refractivity contribution >= 4 is 5.78 Å². The summed E-state index contributed by atoms with van der Waals surface area (Å²) in [5.41, 5.74) is 0.262. The van der Waals surface area contributed by atoms with Gasteiger partial charge in [0.15, 0.2) is 0 Å². The summed E-state index contributed by atoms with van der Waals surface area (Å²) in [4.78, 5) is 11.7. The summed E-state index contributed by atoms with van der Waals surface area (Å²) in [5.74, 6) is 0.581. The summed E-state index contributed by atoms with van der Waals surface area (Å²) < 4.78 is 0. The molecule has 3 saturated carbocycles. The first-order chi connectivity index (χ1) is 7.35. The number of fused-ring (bicyclic) bond motifs is 3. The van der Waals surface area contributed by atoms with Crippen molar-refractivity contribution in [2.45, 2.75) is 59.0 Å². The second-order valence-electron chi connectivity index (χ2n) is 6.99. The molecule has 16 heavy (non-hydrogen) atoms. The average molecular weight is 222 g/mol. The molecule has 0 aromatic rings. The first kappa shape index (κ1) is 10.8. The molecule has 0 amide bonds. The van der Waals surface area contributed by atoms with Crippen molar-refractivity contribution in [2.75, 3.05) is 0 Å². The van der Waals surface area contributed by atoms with Crippen molar-refractivity contribution < 1.29 is 9.90 Å². The Bertz CT molecular complexity index is 364. The van der Waals surface area contributed by atoms with E-state index >= 15 is 0 Å². The van der Waals surface area contributed by atoms with E-state index in [0.717, 1.165) is 6.42 Å². The van der Waals surface area contributed by atoms with Gasteiger partial charge in [-0.2, -0.15) is 0 Å². The van der Waals surface area contributed by atoms with E-state index in [-0.39, 0.29) is 28.3 Å². The zero-order valence-electron chi connectivity index (χ0n) is 10.5. The summed E-state index contributed by atoms with van der Waals surface area (Å²) in [6.07, 6.45) is 4.56. The van der Waals surface area contributed by atoms with Gasteiger partial charge in [-0.25, -0.2) is 0 Å². The van der Waals surface area contributed by atoms with Gasteiger partial charge in [-0.1, -0.05) is 27.2 Å². The Hall–Kier alpha value is -0.370. The Morgan fingerprint density at radius 2 is 1.88 bits per heavy atom. The van der Waals surface area contributed by atoms with Crippen LogP contribution in [-0.2, 0) is 4.79 Å². The quantitative estimate of drug-likeness (QED) is 0.684. The molecule has 3 aliphatic rings. The predicted octanol–water partition coefficient (Wildman–Crippen LogP) is 2.54. The molecule has 0 spiro atoms. The minimum absolute atomic E-state index is 0.0487. The lowest BCUT2D eigenvalue weighted by Gasteiger charge is -2.45. The molecule has 0 unspecified atom stereocenters. The van der Waals surface area contributed by atoms with E-state index in [1.165, 1.54) is 12.8 Å². The molecule has 0 saturated heterocycles. The number of hydrogen-bond acceptors (Lipinski definition) is 2. The van der Waals surface area contributed by atoms with Crippen molar-refractivity contribution in [1.29, 1.82) is 0 Å². The lowest BCUT2D eigenvalue weighted by atomic mass is 9.59. The fourth-order valence-electron chi connectivity index (χ4n) is 5.37. The van der Waals surface area contributed by atoms with Gasteiger partial charge in [0.2, 0.25) is 0 Å². The number of hydrogen-bond donors (Lipinski definition) is 1. The molecule has 3 aliphatic carbocycles. The van der Waals surface area contributed by atoms with E-state index in [1.807, 2.05) is 0 Å². The first-order valence-corrected chi connectivity index (χ1v) is 6.55. The second kappa shape index (κ2) is 2.72. The molecule has 0 radical (unpaired) electrons. The van der Waals surface area contributed by atoms with Crippen LogP contribution < -0.4 is 0 Å². The number of carbonyl (C=O) groups excluding carboxylic acids is 1. The summed E-state index contributed by atoms with van der Waals surface area (Å²) in [6.45, 7) is 6.82. The molecule has 0 heterocycles. The van der Waals surface area contributed by atoms with E-state index in [0.29, 0.717) is 18.6 Å². The highest BCUT2D eigenvalue weighted by Crippen LogP contribution is 2.75. The van der Waals surface area contributed by atoms with Crippen LogP contribution in [0.3, 0.4) is 0 Å². The van der Waals surface area contributed by atoms with Crippen LogP contribution in [0.4, 0.5) is 0 Å². The van der Waals surface area contributed by atoms with E-state index in [4.69, 9.17) is 0 Å². The predicted molar refractivity (Wildman–Crippen MR) is 61.9 cm³/mol. The monoisotopic (exact) mass is 222 g/mol. The standard InChI is InChI=1S/C14H22O2/c1-12-5-4-6-14(12,3)13(2)8-9(15)7-10(13)11(12)16/h10-11,16H,4-8H2,1-3H3/t10-,11-,12+,13-,14+/m0/s1. The van der Waals surface area contributed by atoms with Gasteiger partial charge in [0.1, 0.15) is 5.78 Å². The van der Waals surface area contributed by atoms with E-state index < -0.39 is 0 Å². The molecule has 1 N–H and O–H groups in total. The molecule has 3 fully saturated rings. The smallest absolute Gasteiger partial charge is 0.133 e. The highest BCUT2D eigenvalue weighted by Gasteiger charge is 2.73. The van der Waals surface area contributed by atoms with E-state index in [9.17, 15) is 9.90 Å². The van der Waals surface area contributed by atoms with Crippen LogP contribution >= 0.6 is 0 Å². The minimum atomic E-state index is -0.267. The zero-order valence-corrected chi connectivity index (χ0v) is 10.5. The SMILES string of the molecule is C[C@@]12CCC[C@]1(C)[C@@H](O)[C@@H]1CC(=O)C[C@@]12C. The van der Waals surface area contributed by atoms with Gasteiger partial charge >= 0.3 is 0 Å². The Labute approximate surface area is 97.4 Å². The summed E-state index contributed by atoms with van der Waals surface area (Å²) in [6, 6.07) is 0. The molecule has 0 bridgehead atoms. The maximum Gasteiger partial charge on any atom is 0.133 e. The lowest BCUT2D eigenvalue weighted by molar-refractivity contribution is -0.120. The molecule has 90 valence electrons. The van der Waals surface area contributed by atoms with Crippen molar-refractivity contribution in [2.24, 2.45) is 22.2 Å². The molecular formula is C14H22O2. The number of Topliss-reactive ketones (excluding diaryl/α,β-unsaturated/α-hetero) is 1. The third kappa shape index (κ3) is 0.848. The van der Waals surface area contributed by atoms with Gasteiger partial charge in [0, 0.05) is 12.8 Å². The van der Waals surface area contributed by atoms with Gasteiger partial charge in [0.25, 0.3) is 0 Å². The third-order valence-electron chi connectivity index (χ3n) is 6.76. The van der Waals surface area contributed by atoms with Crippen LogP contribution in [-0.4, -0.2) is 17.0 Å². The van der Waals surface area contributed by atoms with Gasteiger partial charge in [-0.3, -0.25) is 4.79 Å². The molecule has 0 aliphatic heterocycles. The normalized spacial score (nSPS) is 60.1. The van der Waals surface area contributed by atoms with Crippen LogP contribution in [0.5, 0.6) is 0 Å². The lowest BCUT2D eigenvalue weighted by Crippen LogP contribution is -2.41. The average Bonchev–Trinajstić information content (AvgIpc) is 2.70. The summed E-state index contributed by atoms with van der Waals surface area (Å²) in [5, 5.41) is 10.6. The summed E-state index contributed by atoms with van der Waals surface area (Å²) >= 11 is 0. The van der Waals surface area contributed by atoms with E-state index in [2.05, 4.69) is 20.8 Å². The fourth-order valence-corrected chi connectivity index (χ4v) is 5.37. The number of carbonyl (C=O) groups is 1. The van der Waals surface area contributed by atoms with Crippen LogP contribution in [0.1, 0.15) is 52.9 Å². The van der Waals surface area contributed by atoms with Gasteiger partial charge in [-0.15, -0.1) is 0 Å². The van der Waals surface area contributed by atoms with Crippen LogP contribution in [0.2, 0.25) is 0 Å². The molecule has 2 heteroatoms. The largest absolute Gasteiger partial charge is 0.392 e. The molecule has 3 rings (SSSR count). The first-order valence-electron chi connectivity index (χ1n) is 6.55. The van der Waals surface area contributed by atoms with Crippen molar-refractivity contribution in [3.05, 3.63) is 0 Å². The third-order valence-corrected chi connectivity index (χ3v) is 6.76. The van der Waals surface area contributed by atoms with Gasteiger partial charge in [0.05, 0.1) is 6.10 Å². The zero-order chi connectivity index (χ0) is 11.8. The highest BCUT2D eigenvalue weighted by molar-refractivity contribution is 5.82. The van der Waals surface area contributed by atoms with E-state index in [1.54, 1.807) is 0 Å². The molecule has 5 atom stereocenters. The van der Waals surface area contributed by atoms with Gasteiger partial charge < -0.3 is 5.11 Å². The van der Waals surface area contributed by atoms with Crippen molar-refractivity contribution in [1.82, 2.24) is 0 Å². The minimum Gasteiger partial charge on any atom is -0.392 e. The van der Waals surface area contributed by atoms with Crippen LogP contribution in [0.25, 0.3) is 0 Å². The van der Waals surface area contributed by atoms with Crippen molar-refractivity contribution in [3.63, 3.8) is 0 Å². The van der Waals surface area contributed by atoms with Crippen molar-refractivity contribution in [3.8, 4) is 0 Å². The maximum atomic E-state index is 11.7. The number of rotatable bonds is 0. The van der Waals surface area contributed by atoms with Crippen LogP contribution in [0.15, 0.2) is 0 Å². The van der Waals surface area contributed by atoms with Crippen LogP contribution in [0, 0.1) is 22.2 Å². The fraction of sp³-hybridized carbons (Fsp3) is 0.929. The number of ketones is 1. The highest BCUT2D eigenvalue weighted by atomic mass is 16.3. The molecular weight excluding hydrogens is 200 g/mol. The number of aliphatic hydroxyl groups excluding tert-OH is 1. The Morgan fingerprint density at radius 1 is 1.19 bits per heavy atom. The topological polar surface area (TPSA) is 37.3 Å². The maximum absolute atomic E-state index is 11.7. The Balaban J connectivity index is 2.14. The Kier molecular flexibility index (Phi) is 1.83. The summed E-state index contributed by atoms with van der Waals surface area (Å²) in [7, 11) is 0. The Morgan fingerprint density at radius 3 is 2.56 bits per heavy atom. The molecule has 0 aromatic heterocycles. The van der Waals surface area contributed by atoms with Gasteiger partial charge in [-0.05, 0) is 35.0 Å².